The van der Waals surface area contributed by atoms with Crippen LogP contribution in [0.25, 0.3) is 0 Å². The lowest BCUT2D eigenvalue weighted by molar-refractivity contribution is -0.118. The summed E-state index contributed by atoms with van der Waals surface area (Å²) in [5.41, 5.74) is 5.23. The molecule has 2 heterocycles. The molecule has 0 spiro atoms. The Kier molecular flexibility index (Phi) is 8.41. The van der Waals surface area contributed by atoms with Crippen molar-refractivity contribution in [3.8, 4) is 0 Å². The lowest BCUT2D eigenvalue weighted by Crippen LogP contribution is -2.47. The van der Waals surface area contributed by atoms with Crippen molar-refractivity contribution in [2.45, 2.75) is 31.8 Å². The van der Waals surface area contributed by atoms with Crippen LogP contribution in [0.3, 0.4) is 0 Å². The SMILES string of the molecule is Cc1ccc(C)c(N2CCN(c3ccnc(SCC(=O)NCCCc4ccccc4)n3)CC2)c1. The highest BCUT2D eigenvalue weighted by molar-refractivity contribution is 7.99. The Morgan fingerprint density at radius 3 is 2.56 bits per heavy atom. The van der Waals surface area contributed by atoms with Crippen LogP contribution >= 0.6 is 11.8 Å². The van der Waals surface area contributed by atoms with Gasteiger partial charge in [0.1, 0.15) is 5.82 Å². The molecule has 3 aromatic rings. The number of hydrogen-bond donors (Lipinski definition) is 1. The Morgan fingerprint density at radius 2 is 1.76 bits per heavy atom. The van der Waals surface area contributed by atoms with Gasteiger partial charge in [0, 0.05) is 44.6 Å². The minimum Gasteiger partial charge on any atom is -0.368 e. The number of piperazine rings is 1. The maximum Gasteiger partial charge on any atom is 0.230 e. The van der Waals surface area contributed by atoms with Crippen LogP contribution in [0.1, 0.15) is 23.1 Å². The van der Waals surface area contributed by atoms with Crippen molar-refractivity contribution in [2.75, 3.05) is 48.3 Å². The monoisotopic (exact) mass is 475 g/mol. The fraction of sp³-hybridized carbons (Fsp3) is 0.370. The first-order valence-corrected chi connectivity index (χ1v) is 12.9. The smallest absolute Gasteiger partial charge is 0.230 e. The second-order valence-electron chi connectivity index (χ2n) is 8.69. The van der Waals surface area contributed by atoms with E-state index in [0.29, 0.717) is 17.5 Å². The number of carbonyl (C=O) groups is 1. The van der Waals surface area contributed by atoms with Crippen molar-refractivity contribution in [1.82, 2.24) is 15.3 Å². The predicted molar refractivity (Wildman–Crippen MR) is 141 cm³/mol. The van der Waals surface area contributed by atoms with Crippen LogP contribution < -0.4 is 15.1 Å². The molecule has 1 N–H and O–H groups in total. The summed E-state index contributed by atoms with van der Waals surface area (Å²) in [6, 6.07) is 18.9. The number of amides is 1. The molecule has 178 valence electrons. The fourth-order valence-corrected chi connectivity index (χ4v) is 4.82. The number of aryl methyl sites for hydroxylation is 3. The molecule has 0 aliphatic carbocycles. The topological polar surface area (TPSA) is 61.4 Å². The van der Waals surface area contributed by atoms with Crippen LogP contribution in [0.15, 0.2) is 66.0 Å². The zero-order chi connectivity index (χ0) is 23.8. The van der Waals surface area contributed by atoms with E-state index in [4.69, 9.17) is 4.98 Å². The van der Waals surface area contributed by atoms with Gasteiger partial charge in [0.05, 0.1) is 5.75 Å². The third-order valence-electron chi connectivity index (χ3n) is 6.07. The molecule has 0 radical (unpaired) electrons. The molecule has 1 amide bonds. The van der Waals surface area contributed by atoms with E-state index in [1.807, 2.05) is 24.3 Å². The van der Waals surface area contributed by atoms with E-state index in [9.17, 15) is 4.79 Å². The van der Waals surface area contributed by atoms with Crippen LogP contribution in [0.4, 0.5) is 11.5 Å². The third-order valence-corrected chi connectivity index (χ3v) is 6.93. The second-order valence-corrected chi connectivity index (χ2v) is 9.63. The van der Waals surface area contributed by atoms with Gasteiger partial charge in [-0.25, -0.2) is 9.97 Å². The quantitative estimate of drug-likeness (QED) is 0.283. The van der Waals surface area contributed by atoms with Gasteiger partial charge in [0.25, 0.3) is 0 Å². The summed E-state index contributed by atoms with van der Waals surface area (Å²) in [7, 11) is 0. The van der Waals surface area contributed by atoms with E-state index in [1.54, 1.807) is 6.20 Å². The van der Waals surface area contributed by atoms with Crippen LogP contribution in [0, 0.1) is 13.8 Å². The summed E-state index contributed by atoms with van der Waals surface area (Å²) in [6.07, 6.45) is 3.69. The number of aromatic nitrogens is 2. The molecular formula is C27H33N5OS. The van der Waals surface area contributed by atoms with E-state index in [0.717, 1.165) is 44.8 Å². The summed E-state index contributed by atoms with van der Waals surface area (Å²) in [4.78, 5) is 26.1. The lowest BCUT2D eigenvalue weighted by Gasteiger charge is -2.37. The molecule has 7 heteroatoms. The van der Waals surface area contributed by atoms with Crippen molar-refractivity contribution in [1.29, 1.82) is 0 Å². The van der Waals surface area contributed by atoms with Crippen molar-refractivity contribution in [2.24, 2.45) is 0 Å². The van der Waals surface area contributed by atoms with E-state index >= 15 is 0 Å². The minimum atomic E-state index is 0.0224. The number of thioether (sulfide) groups is 1. The van der Waals surface area contributed by atoms with E-state index in [-0.39, 0.29) is 5.91 Å². The Hall–Kier alpha value is -3.06. The number of benzene rings is 2. The average molecular weight is 476 g/mol. The molecule has 1 aliphatic heterocycles. The number of rotatable bonds is 9. The Labute approximate surface area is 206 Å². The first kappa shape index (κ1) is 24.1. The molecule has 1 fully saturated rings. The second kappa shape index (κ2) is 11.9. The van der Waals surface area contributed by atoms with E-state index < -0.39 is 0 Å². The highest BCUT2D eigenvalue weighted by atomic mass is 32.2. The molecule has 1 saturated heterocycles. The summed E-state index contributed by atoms with van der Waals surface area (Å²) >= 11 is 1.39. The summed E-state index contributed by atoms with van der Waals surface area (Å²) in [6.45, 7) is 8.75. The molecule has 2 aromatic carbocycles. The van der Waals surface area contributed by atoms with Gasteiger partial charge in [0.15, 0.2) is 5.16 Å². The van der Waals surface area contributed by atoms with Gasteiger partial charge in [-0.1, -0.05) is 54.2 Å². The molecule has 0 bridgehead atoms. The van der Waals surface area contributed by atoms with E-state index in [2.05, 4.69) is 64.3 Å². The number of carbonyl (C=O) groups excluding carboxylic acids is 1. The van der Waals surface area contributed by atoms with Crippen molar-refractivity contribution >= 4 is 29.2 Å². The summed E-state index contributed by atoms with van der Waals surface area (Å²) in [5, 5.41) is 3.65. The zero-order valence-corrected chi connectivity index (χ0v) is 20.9. The van der Waals surface area contributed by atoms with Crippen molar-refractivity contribution < 1.29 is 4.79 Å². The normalized spacial score (nSPS) is 13.7. The van der Waals surface area contributed by atoms with Gasteiger partial charge in [-0.3, -0.25) is 4.79 Å². The molecule has 0 unspecified atom stereocenters. The summed E-state index contributed by atoms with van der Waals surface area (Å²) < 4.78 is 0. The van der Waals surface area contributed by atoms with Gasteiger partial charge in [0.2, 0.25) is 5.91 Å². The largest absolute Gasteiger partial charge is 0.368 e. The molecule has 4 rings (SSSR count). The van der Waals surface area contributed by atoms with Crippen molar-refractivity contribution in [3.63, 3.8) is 0 Å². The van der Waals surface area contributed by atoms with Crippen LogP contribution in [-0.4, -0.2) is 54.4 Å². The van der Waals surface area contributed by atoms with E-state index in [1.165, 1.54) is 34.1 Å². The highest BCUT2D eigenvalue weighted by Crippen LogP contribution is 2.24. The minimum absolute atomic E-state index is 0.0224. The molecule has 0 saturated carbocycles. The molecule has 6 nitrogen and oxygen atoms in total. The molecule has 34 heavy (non-hydrogen) atoms. The maximum atomic E-state index is 12.2. The molecular weight excluding hydrogens is 442 g/mol. The van der Waals surface area contributed by atoms with Gasteiger partial charge < -0.3 is 15.1 Å². The number of nitrogens with zero attached hydrogens (tertiary/aromatic N) is 4. The number of nitrogens with one attached hydrogen (secondary N) is 1. The maximum absolute atomic E-state index is 12.2. The average Bonchev–Trinajstić information content (AvgIpc) is 2.88. The first-order valence-electron chi connectivity index (χ1n) is 11.9. The Morgan fingerprint density at radius 1 is 1.00 bits per heavy atom. The lowest BCUT2D eigenvalue weighted by atomic mass is 10.1. The molecule has 1 aromatic heterocycles. The number of anilines is 2. The Balaban J connectivity index is 1.21. The van der Waals surface area contributed by atoms with Crippen LogP contribution in [-0.2, 0) is 11.2 Å². The zero-order valence-electron chi connectivity index (χ0n) is 20.0. The van der Waals surface area contributed by atoms with Gasteiger partial charge >= 0.3 is 0 Å². The van der Waals surface area contributed by atoms with Crippen LogP contribution in [0.2, 0.25) is 0 Å². The predicted octanol–water partition coefficient (Wildman–Crippen LogP) is 4.26. The van der Waals surface area contributed by atoms with Gasteiger partial charge in [-0.15, -0.1) is 0 Å². The Bertz CT molecular complexity index is 1080. The first-order chi connectivity index (χ1) is 16.6. The molecule has 1 aliphatic rings. The number of hydrogen-bond acceptors (Lipinski definition) is 6. The van der Waals surface area contributed by atoms with Crippen molar-refractivity contribution in [3.05, 3.63) is 77.5 Å². The van der Waals surface area contributed by atoms with Gasteiger partial charge in [-0.2, -0.15) is 0 Å². The highest BCUT2D eigenvalue weighted by Gasteiger charge is 2.20. The molecule has 0 atom stereocenters. The third kappa shape index (κ3) is 6.73. The van der Waals surface area contributed by atoms with Gasteiger partial charge in [-0.05, 0) is 55.5 Å². The van der Waals surface area contributed by atoms with Crippen LogP contribution in [0.5, 0.6) is 0 Å². The summed E-state index contributed by atoms with van der Waals surface area (Å²) in [5.74, 6) is 1.28. The fourth-order valence-electron chi connectivity index (χ4n) is 4.16. The standard InChI is InChI=1S/C27H33N5OS/c1-21-10-11-22(2)24(19-21)31-15-17-32(18-16-31)25-12-14-29-27(30-25)34-20-26(33)28-13-6-9-23-7-4-3-5-8-23/h3-5,7-8,10-12,14,19H,6,9,13,15-18,20H2,1-2H3,(H,28,33).